The van der Waals surface area contributed by atoms with Crippen molar-refractivity contribution in [1.29, 1.82) is 0 Å². The van der Waals surface area contributed by atoms with Crippen molar-refractivity contribution in [3.63, 3.8) is 0 Å². The highest BCUT2D eigenvalue weighted by Gasteiger charge is 2.28. The third-order valence-electron chi connectivity index (χ3n) is 5.76. The Bertz CT molecular complexity index is 1140. The molecule has 1 N–H and O–H groups in total. The number of nitrogens with zero attached hydrogens (tertiary/aromatic N) is 3. The average molecular weight is 437 g/mol. The number of likely N-dealkylation sites (tertiary alicyclic amines) is 1. The van der Waals surface area contributed by atoms with Gasteiger partial charge in [-0.05, 0) is 49.9 Å². The van der Waals surface area contributed by atoms with E-state index in [2.05, 4.69) is 10.2 Å². The van der Waals surface area contributed by atoms with Crippen LogP contribution in [-0.4, -0.2) is 52.4 Å². The van der Waals surface area contributed by atoms with Crippen LogP contribution in [0.15, 0.2) is 53.3 Å². The fourth-order valence-electron chi connectivity index (χ4n) is 4.30. The van der Waals surface area contributed by atoms with Gasteiger partial charge in [0.05, 0.1) is 25.0 Å². The van der Waals surface area contributed by atoms with E-state index >= 15 is 0 Å². The molecule has 2 heterocycles. The van der Waals surface area contributed by atoms with Crippen LogP contribution < -0.4 is 15.2 Å². The van der Waals surface area contributed by atoms with Gasteiger partial charge >= 0.3 is 5.69 Å². The Hall–Kier alpha value is -3.55. The standard InChI is InChI=1S/C24H28N4O4/c1-3-32-20-12-6-4-10-18(20)23(29)27-14-8-9-17(16-27)15-22-25-26-24(30)28(22)19-11-5-7-13-21(19)31-2/h4-7,10-13,17H,3,8-9,14-16H2,1-2H3,(H,26,30)/t17-/m0/s1. The molecule has 0 unspecified atom stereocenters. The fourth-order valence-corrected chi connectivity index (χ4v) is 4.30. The molecule has 0 saturated carbocycles. The third kappa shape index (κ3) is 4.39. The predicted molar refractivity (Wildman–Crippen MR) is 121 cm³/mol. The van der Waals surface area contributed by atoms with Crippen molar-refractivity contribution < 1.29 is 14.3 Å². The number of nitrogens with one attached hydrogen (secondary N) is 1. The van der Waals surface area contributed by atoms with Gasteiger partial charge in [0.2, 0.25) is 0 Å². The maximum absolute atomic E-state index is 13.2. The first-order valence-electron chi connectivity index (χ1n) is 10.9. The molecule has 168 valence electrons. The van der Waals surface area contributed by atoms with E-state index in [0.29, 0.717) is 54.7 Å². The number of hydrogen-bond acceptors (Lipinski definition) is 5. The minimum atomic E-state index is -0.307. The topological polar surface area (TPSA) is 89.5 Å². The lowest BCUT2D eigenvalue weighted by molar-refractivity contribution is 0.0668. The number of carbonyl (C=O) groups excluding carboxylic acids is 1. The minimum Gasteiger partial charge on any atom is -0.495 e. The molecule has 4 rings (SSSR count). The zero-order valence-corrected chi connectivity index (χ0v) is 18.4. The first-order valence-corrected chi connectivity index (χ1v) is 10.9. The van der Waals surface area contributed by atoms with Gasteiger partial charge in [-0.2, -0.15) is 5.10 Å². The zero-order valence-electron chi connectivity index (χ0n) is 18.4. The van der Waals surface area contributed by atoms with Crippen LogP contribution in [0.4, 0.5) is 0 Å². The van der Waals surface area contributed by atoms with Crippen LogP contribution >= 0.6 is 0 Å². The largest absolute Gasteiger partial charge is 0.495 e. The summed E-state index contributed by atoms with van der Waals surface area (Å²) in [6.07, 6.45) is 2.44. The molecule has 8 heteroatoms. The van der Waals surface area contributed by atoms with Crippen molar-refractivity contribution in [3.05, 3.63) is 70.4 Å². The van der Waals surface area contributed by atoms with Crippen molar-refractivity contribution in [1.82, 2.24) is 19.7 Å². The molecule has 1 saturated heterocycles. The Labute approximate surface area is 186 Å². The highest BCUT2D eigenvalue weighted by Crippen LogP contribution is 2.27. The van der Waals surface area contributed by atoms with Crippen LogP contribution in [0.25, 0.3) is 5.69 Å². The molecule has 8 nitrogen and oxygen atoms in total. The second kappa shape index (κ2) is 9.72. The molecular weight excluding hydrogens is 408 g/mol. The molecule has 32 heavy (non-hydrogen) atoms. The van der Waals surface area contributed by atoms with Crippen LogP contribution in [0, 0.1) is 5.92 Å². The molecule has 1 atom stereocenters. The van der Waals surface area contributed by atoms with E-state index in [4.69, 9.17) is 9.47 Å². The molecule has 1 amide bonds. The number of aromatic nitrogens is 3. The number of ether oxygens (including phenoxy) is 2. The molecule has 0 aliphatic carbocycles. The molecule has 1 aromatic heterocycles. The summed E-state index contributed by atoms with van der Waals surface area (Å²) in [6.45, 7) is 3.72. The summed E-state index contributed by atoms with van der Waals surface area (Å²) in [7, 11) is 1.58. The normalized spacial score (nSPS) is 16.1. The van der Waals surface area contributed by atoms with E-state index in [1.165, 1.54) is 0 Å². The summed E-state index contributed by atoms with van der Waals surface area (Å²) < 4.78 is 12.6. The average Bonchev–Trinajstić information content (AvgIpc) is 3.18. The maximum Gasteiger partial charge on any atom is 0.348 e. The Morgan fingerprint density at radius 2 is 1.91 bits per heavy atom. The quantitative estimate of drug-likeness (QED) is 0.615. The number of para-hydroxylation sites is 3. The first-order chi connectivity index (χ1) is 15.6. The molecule has 1 aliphatic rings. The molecule has 1 aliphatic heterocycles. The number of carbonyl (C=O) groups is 1. The van der Waals surface area contributed by atoms with Crippen molar-refractivity contribution in [2.75, 3.05) is 26.8 Å². The highest BCUT2D eigenvalue weighted by molar-refractivity contribution is 5.97. The fraction of sp³-hybridized carbons (Fsp3) is 0.375. The summed E-state index contributed by atoms with van der Waals surface area (Å²) in [5.41, 5.74) is 0.928. The Morgan fingerprint density at radius 1 is 1.16 bits per heavy atom. The molecule has 2 aromatic carbocycles. The number of piperidine rings is 1. The van der Waals surface area contributed by atoms with E-state index < -0.39 is 0 Å². The summed E-state index contributed by atoms with van der Waals surface area (Å²) in [6, 6.07) is 14.7. The number of aromatic amines is 1. The Morgan fingerprint density at radius 3 is 2.69 bits per heavy atom. The Balaban J connectivity index is 1.54. The number of rotatable bonds is 7. The first kappa shape index (κ1) is 21.7. The van der Waals surface area contributed by atoms with Gasteiger partial charge in [0.1, 0.15) is 17.3 Å². The lowest BCUT2D eigenvalue weighted by atomic mass is 9.93. The van der Waals surface area contributed by atoms with Gasteiger partial charge < -0.3 is 14.4 Å². The third-order valence-corrected chi connectivity index (χ3v) is 5.76. The molecule has 0 spiro atoms. The van der Waals surface area contributed by atoms with E-state index in [1.54, 1.807) is 11.7 Å². The number of methoxy groups -OCH3 is 1. The number of hydrogen-bond donors (Lipinski definition) is 1. The summed E-state index contributed by atoms with van der Waals surface area (Å²) in [4.78, 5) is 27.6. The van der Waals surface area contributed by atoms with Crippen molar-refractivity contribution in [3.8, 4) is 17.2 Å². The lowest BCUT2D eigenvalue weighted by Gasteiger charge is -2.33. The second-order valence-electron chi connectivity index (χ2n) is 7.84. The van der Waals surface area contributed by atoms with Crippen LogP contribution in [0.5, 0.6) is 11.5 Å². The number of amides is 1. The van der Waals surface area contributed by atoms with Crippen LogP contribution in [0.2, 0.25) is 0 Å². The van der Waals surface area contributed by atoms with Gasteiger partial charge in [-0.1, -0.05) is 24.3 Å². The van der Waals surface area contributed by atoms with Crippen LogP contribution in [-0.2, 0) is 6.42 Å². The van der Waals surface area contributed by atoms with E-state index in [1.807, 2.05) is 60.4 Å². The van der Waals surface area contributed by atoms with E-state index in [0.717, 1.165) is 12.8 Å². The monoisotopic (exact) mass is 436 g/mol. The van der Waals surface area contributed by atoms with Gasteiger partial charge in [-0.15, -0.1) is 0 Å². The maximum atomic E-state index is 13.2. The number of benzene rings is 2. The van der Waals surface area contributed by atoms with Crippen LogP contribution in [0.3, 0.4) is 0 Å². The second-order valence-corrected chi connectivity index (χ2v) is 7.84. The molecule has 0 bridgehead atoms. The summed E-state index contributed by atoms with van der Waals surface area (Å²) >= 11 is 0. The minimum absolute atomic E-state index is 0.0251. The predicted octanol–water partition coefficient (Wildman–Crippen LogP) is 3.06. The van der Waals surface area contributed by atoms with Crippen molar-refractivity contribution in [2.45, 2.75) is 26.2 Å². The van der Waals surface area contributed by atoms with E-state index in [-0.39, 0.29) is 17.5 Å². The highest BCUT2D eigenvalue weighted by atomic mass is 16.5. The summed E-state index contributed by atoms with van der Waals surface area (Å²) in [5, 5.41) is 6.84. The number of H-pyrrole nitrogens is 1. The smallest absolute Gasteiger partial charge is 0.348 e. The van der Waals surface area contributed by atoms with Crippen molar-refractivity contribution in [2.24, 2.45) is 5.92 Å². The Kier molecular flexibility index (Phi) is 6.58. The SMILES string of the molecule is CCOc1ccccc1C(=O)N1CCC[C@@H](Cc2n[nH]c(=O)n2-c2ccccc2OC)C1. The molecule has 3 aromatic rings. The molecule has 0 radical (unpaired) electrons. The van der Waals surface area contributed by atoms with E-state index in [9.17, 15) is 9.59 Å². The van der Waals surface area contributed by atoms with Gasteiger partial charge in [0.15, 0.2) is 0 Å². The molecule has 1 fully saturated rings. The zero-order chi connectivity index (χ0) is 22.5. The lowest BCUT2D eigenvalue weighted by Crippen LogP contribution is -2.41. The van der Waals surface area contributed by atoms with Gasteiger partial charge in [-0.25, -0.2) is 14.5 Å². The molecular formula is C24H28N4O4. The van der Waals surface area contributed by atoms with Gasteiger partial charge in [-0.3, -0.25) is 4.79 Å². The van der Waals surface area contributed by atoms with Gasteiger partial charge in [0, 0.05) is 19.5 Å². The van der Waals surface area contributed by atoms with Gasteiger partial charge in [0.25, 0.3) is 5.91 Å². The van der Waals surface area contributed by atoms with Crippen molar-refractivity contribution >= 4 is 5.91 Å². The van der Waals surface area contributed by atoms with Crippen LogP contribution in [0.1, 0.15) is 35.9 Å². The summed E-state index contributed by atoms with van der Waals surface area (Å²) in [5.74, 6) is 2.01.